The number of nitro benzene ring substituents is 1. The lowest BCUT2D eigenvalue weighted by Gasteiger charge is -2.33. The molecule has 1 aliphatic rings. The van der Waals surface area contributed by atoms with E-state index in [1.807, 2.05) is 0 Å². The van der Waals surface area contributed by atoms with Crippen molar-refractivity contribution in [3.05, 3.63) is 39.4 Å². The van der Waals surface area contributed by atoms with Crippen molar-refractivity contribution >= 4 is 11.6 Å². The van der Waals surface area contributed by atoms with E-state index in [0.29, 0.717) is 11.1 Å². The van der Waals surface area contributed by atoms with E-state index in [-0.39, 0.29) is 23.7 Å². The summed E-state index contributed by atoms with van der Waals surface area (Å²) in [7, 11) is 0. The summed E-state index contributed by atoms with van der Waals surface area (Å²) in [4.78, 5) is 22.3. The van der Waals surface area contributed by atoms with Gasteiger partial charge in [-0.25, -0.2) is 0 Å². The molecule has 1 saturated carbocycles. The van der Waals surface area contributed by atoms with Crippen LogP contribution in [0.4, 0.5) is 5.69 Å². The van der Waals surface area contributed by atoms with Gasteiger partial charge >= 0.3 is 0 Å². The monoisotopic (exact) mass is 249 g/mol. The van der Waals surface area contributed by atoms with E-state index in [0.717, 1.165) is 12.8 Å². The molecular weight excluding hydrogens is 234 g/mol. The molecule has 0 aliphatic heterocycles. The van der Waals surface area contributed by atoms with Crippen molar-refractivity contribution in [3.63, 3.8) is 0 Å². The van der Waals surface area contributed by atoms with Crippen molar-refractivity contribution in [3.8, 4) is 0 Å². The first-order valence-corrected chi connectivity index (χ1v) is 5.79. The first-order valence-electron chi connectivity index (χ1n) is 5.79. The molecule has 3 N–H and O–H groups in total. The lowest BCUT2D eigenvalue weighted by atomic mass is 9.87. The second-order valence-corrected chi connectivity index (χ2v) is 4.61. The maximum atomic E-state index is 12.0. The van der Waals surface area contributed by atoms with Crippen molar-refractivity contribution in [1.82, 2.24) is 5.32 Å². The van der Waals surface area contributed by atoms with Gasteiger partial charge in [-0.05, 0) is 25.8 Å². The predicted molar refractivity (Wildman–Crippen MR) is 66.3 cm³/mol. The third kappa shape index (κ3) is 2.33. The Hall–Kier alpha value is -1.95. The van der Waals surface area contributed by atoms with Crippen molar-refractivity contribution in [1.29, 1.82) is 0 Å². The van der Waals surface area contributed by atoms with Gasteiger partial charge in [0.05, 0.1) is 4.92 Å². The van der Waals surface area contributed by atoms with Gasteiger partial charge in [-0.15, -0.1) is 0 Å². The average molecular weight is 249 g/mol. The Balaban J connectivity index is 2.15. The maximum Gasteiger partial charge on any atom is 0.273 e. The normalized spacial score (nSPS) is 22.1. The minimum Gasteiger partial charge on any atom is -0.349 e. The largest absolute Gasteiger partial charge is 0.349 e. The van der Waals surface area contributed by atoms with Gasteiger partial charge in [0.15, 0.2) is 0 Å². The zero-order chi connectivity index (χ0) is 13.3. The van der Waals surface area contributed by atoms with Crippen LogP contribution in [0.15, 0.2) is 18.2 Å². The summed E-state index contributed by atoms with van der Waals surface area (Å²) in [6.07, 6.45) is 1.53. The molecule has 6 nitrogen and oxygen atoms in total. The standard InChI is InChI=1S/C12H15N3O3/c1-7-10(3-2-4-11(7)15(17)18)12(16)14-9-5-8(13)6-9/h2-4,8-9H,5-6,13H2,1H3,(H,14,16). The molecule has 1 aromatic rings. The average Bonchev–Trinajstić information content (AvgIpc) is 2.26. The molecule has 1 aromatic carbocycles. The second-order valence-electron chi connectivity index (χ2n) is 4.61. The Morgan fingerprint density at radius 1 is 1.50 bits per heavy atom. The van der Waals surface area contributed by atoms with Crippen LogP contribution < -0.4 is 11.1 Å². The Morgan fingerprint density at radius 2 is 2.17 bits per heavy atom. The van der Waals surface area contributed by atoms with E-state index in [2.05, 4.69) is 5.32 Å². The third-order valence-electron chi connectivity index (χ3n) is 3.26. The first-order chi connectivity index (χ1) is 8.49. The summed E-state index contributed by atoms with van der Waals surface area (Å²) >= 11 is 0. The molecule has 0 heterocycles. The van der Waals surface area contributed by atoms with Crippen LogP contribution in [0.2, 0.25) is 0 Å². The number of hydrogen-bond donors (Lipinski definition) is 2. The molecule has 1 fully saturated rings. The van der Waals surface area contributed by atoms with Crippen LogP contribution in [-0.4, -0.2) is 22.9 Å². The molecule has 1 amide bonds. The molecule has 0 saturated heterocycles. The summed E-state index contributed by atoms with van der Waals surface area (Å²) in [5.74, 6) is -0.270. The molecule has 0 atom stereocenters. The zero-order valence-electron chi connectivity index (χ0n) is 10.1. The summed E-state index contributed by atoms with van der Waals surface area (Å²) in [5.41, 5.74) is 6.35. The van der Waals surface area contributed by atoms with Crippen molar-refractivity contribution in [2.24, 2.45) is 5.73 Å². The molecule has 0 radical (unpaired) electrons. The molecule has 0 bridgehead atoms. The van der Waals surface area contributed by atoms with E-state index in [4.69, 9.17) is 5.73 Å². The van der Waals surface area contributed by atoms with Crippen LogP contribution in [0.25, 0.3) is 0 Å². The predicted octanol–water partition coefficient (Wildman–Crippen LogP) is 1.12. The number of nitrogens with two attached hydrogens (primary N) is 1. The fourth-order valence-corrected chi connectivity index (χ4v) is 2.11. The minimum atomic E-state index is -0.481. The molecule has 6 heteroatoms. The van der Waals surface area contributed by atoms with Crippen molar-refractivity contribution < 1.29 is 9.72 Å². The Kier molecular flexibility index (Phi) is 3.29. The number of hydrogen-bond acceptors (Lipinski definition) is 4. The SMILES string of the molecule is Cc1c(C(=O)NC2CC(N)C2)cccc1[N+](=O)[O-]. The number of nitrogens with zero attached hydrogens (tertiary/aromatic N) is 1. The lowest BCUT2D eigenvalue weighted by molar-refractivity contribution is -0.385. The van der Waals surface area contributed by atoms with Crippen LogP contribution in [0.3, 0.4) is 0 Å². The highest BCUT2D eigenvalue weighted by Gasteiger charge is 2.28. The van der Waals surface area contributed by atoms with E-state index < -0.39 is 4.92 Å². The summed E-state index contributed by atoms with van der Waals surface area (Å²) in [6.45, 7) is 1.58. The fourth-order valence-electron chi connectivity index (χ4n) is 2.11. The van der Waals surface area contributed by atoms with Gasteiger partial charge in [0.25, 0.3) is 11.6 Å². The molecule has 1 aliphatic carbocycles. The van der Waals surface area contributed by atoms with Crippen molar-refractivity contribution in [2.45, 2.75) is 31.8 Å². The van der Waals surface area contributed by atoms with Crippen LogP contribution in [0, 0.1) is 17.0 Å². The zero-order valence-corrected chi connectivity index (χ0v) is 10.1. The number of amides is 1. The highest BCUT2D eigenvalue weighted by molar-refractivity contribution is 5.96. The molecule has 0 aromatic heterocycles. The Labute approximate surface area is 104 Å². The Morgan fingerprint density at radius 3 is 2.72 bits per heavy atom. The van der Waals surface area contributed by atoms with Crippen LogP contribution in [0.5, 0.6) is 0 Å². The van der Waals surface area contributed by atoms with E-state index in [1.165, 1.54) is 12.1 Å². The molecule has 0 spiro atoms. The minimum absolute atomic E-state index is 0.0343. The van der Waals surface area contributed by atoms with Gasteiger partial charge in [-0.1, -0.05) is 6.07 Å². The first kappa shape index (κ1) is 12.5. The summed E-state index contributed by atoms with van der Waals surface area (Å²) in [6, 6.07) is 4.75. The van der Waals surface area contributed by atoms with Gasteiger partial charge in [-0.3, -0.25) is 14.9 Å². The number of rotatable bonds is 3. The van der Waals surface area contributed by atoms with E-state index in [9.17, 15) is 14.9 Å². The number of nitro groups is 1. The molecule has 18 heavy (non-hydrogen) atoms. The Bertz CT molecular complexity index is 495. The van der Waals surface area contributed by atoms with Crippen LogP contribution in [-0.2, 0) is 0 Å². The summed E-state index contributed by atoms with van der Waals surface area (Å²) in [5, 5.41) is 13.6. The van der Waals surface area contributed by atoms with Crippen LogP contribution in [0.1, 0.15) is 28.8 Å². The summed E-state index contributed by atoms with van der Waals surface area (Å²) < 4.78 is 0. The fraction of sp³-hybridized carbons (Fsp3) is 0.417. The molecule has 0 unspecified atom stereocenters. The van der Waals surface area contributed by atoms with Gasteiger partial charge in [0.1, 0.15) is 0 Å². The maximum absolute atomic E-state index is 12.0. The number of nitrogens with one attached hydrogen (secondary N) is 1. The van der Waals surface area contributed by atoms with E-state index in [1.54, 1.807) is 13.0 Å². The van der Waals surface area contributed by atoms with Crippen molar-refractivity contribution in [2.75, 3.05) is 0 Å². The highest BCUT2D eigenvalue weighted by Crippen LogP contribution is 2.22. The van der Waals surface area contributed by atoms with Gasteiger partial charge in [-0.2, -0.15) is 0 Å². The molecular formula is C12H15N3O3. The second kappa shape index (κ2) is 4.73. The van der Waals surface area contributed by atoms with Gasteiger partial charge in [0, 0.05) is 29.3 Å². The quantitative estimate of drug-likeness (QED) is 0.619. The van der Waals surface area contributed by atoms with Gasteiger partial charge in [0.2, 0.25) is 0 Å². The number of carbonyl (C=O) groups excluding carboxylic acids is 1. The highest BCUT2D eigenvalue weighted by atomic mass is 16.6. The number of benzene rings is 1. The lowest BCUT2D eigenvalue weighted by Crippen LogP contribution is -2.50. The van der Waals surface area contributed by atoms with Crippen LogP contribution >= 0.6 is 0 Å². The van der Waals surface area contributed by atoms with E-state index >= 15 is 0 Å². The van der Waals surface area contributed by atoms with Gasteiger partial charge < -0.3 is 11.1 Å². The smallest absolute Gasteiger partial charge is 0.273 e. The third-order valence-corrected chi connectivity index (χ3v) is 3.26. The molecule has 2 rings (SSSR count). The number of carbonyl (C=O) groups is 1. The topological polar surface area (TPSA) is 98.3 Å². The molecule has 96 valence electrons.